The topological polar surface area (TPSA) is 29.1 Å². The van der Waals surface area contributed by atoms with Crippen LogP contribution in [0.2, 0.25) is 0 Å². The third-order valence-corrected chi connectivity index (χ3v) is 3.73. The largest absolute Gasteiger partial charge is 0.353 e. The Bertz CT molecular complexity index is 211. The Morgan fingerprint density at radius 1 is 1.12 bits per heavy atom. The van der Waals surface area contributed by atoms with Crippen LogP contribution in [0.3, 0.4) is 0 Å². The number of carbonyl (C=O) groups is 1. The number of amides is 1. The Balaban J connectivity index is 1.86. The van der Waals surface area contributed by atoms with Gasteiger partial charge in [-0.1, -0.05) is 45.4 Å². The maximum atomic E-state index is 11.6. The number of carbonyl (C=O) groups excluding carboxylic acids is 1. The summed E-state index contributed by atoms with van der Waals surface area (Å²) in [6, 6.07) is 0.409. The summed E-state index contributed by atoms with van der Waals surface area (Å²) in [6.45, 7) is 4.38. The van der Waals surface area contributed by atoms with Gasteiger partial charge in [0.2, 0.25) is 5.91 Å². The minimum Gasteiger partial charge on any atom is -0.353 e. The molecule has 1 saturated carbocycles. The number of rotatable bonds is 10. The third kappa shape index (κ3) is 7.40. The fraction of sp³-hybridized carbons (Fsp3) is 0.933. The van der Waals surface area contributed by atoms with Gasteiger partial charge in [0.05, 0.1) is 0 Å². The van der Waals surface area contributed by atoms with E-state index < -0.39 is 0 Å². The van der Waals surface area contributed by atoms with Gasteiger partial charge in [-0.3, -0.25) is 4.79 Å². The van der Waals surface area contributed by atoms with Gasteiger partial charge >= 0.3 is 0 Å². The lowest BCUT2D eigenvalue weighted by Gasteiger charge is -2.12. The molecule has 1 unspecified atom stereocenters. The lowest BCUT2D eigenvalue weighted by molar-refractivity contribution is -0.121. The van der Waals surface area contributed by atoms with Gasteiger partial charge in [0.25, 0.3) is 0 Å². The van der Waals surface area contributed by atoms with Gasteiger partial charge in [-0.25, -0.2) is 0 Å². The average Bonchev–Trinajstić information content (AvgIpc) is 3.11. The van der Waals surface area contributed by atoms with Crippen LogP contribution in [-0.2, 0) is 4.79 Å². The molecule has 0 aromatic carbocycles. The van der Waals surface area contributed by atoms with Crippen molar-refractivity contribution >= 4 is 5.91 Å². The van der Waals surface area contributed by atoms with Crippen molar-refractivity contribution in [2.24, 2.45) is 5.92 Å². The van der Waals surface area contributed by atoms with Crippen LogP contribution in [0.15, 0.2) is 0 Å². The molecule has 0 bridgehead atoms. The molecule has 1 rings (SSSR count). The first kappa shape index (κ1) is 14.5. The third-order valence-electron chi connectivity index (χ3n) is 3.73. The van der Waals surface area contributed by atoms with Crippen LogP contribution in [0.4, 0.5) is 0 Å². The highest BCUT2D eigenvalue weighted by atomic mass is 16.1. The average molecular weight is 239 g/mol. The molecule has 1 atom stereocenters. The second-order valence-corrected chi connectivity index (χ2v) is 5.56. The molecule has 2 heteroatoms. The molecular weight excluding hydrogens is 210 g/mol. The van der Waals surface area contributed by atoms with E-state index in [9.17, 15) is 4.79 Å². The van der Waals surface area contributed by atoms with Crippen molar-refractivity contribution in [1.82, 2.24) is 5.32 Å². The summed E-state index contributed by atoms with van der Waals surface area (Å²) in [5.74, 6) is 1.03. The summed E-state index contributed by atoms with van der Waals surface area (Å²) >= 11 is 0. The number of nitrogens with one attached hydrogen (secondary N) is 1. The van der Waals surface area contributed by atoms with Gasteiger partial charge in [-0.2, -0.15) is 0 Å². The molecule has 100 valence electrons. The molecule has 2 nitrogen and oxygen atoms in total. The highest BCUT2D eigenvalue weighted by molar-refractivity contribution is 5.76. The van der Waals surface area contributed by atoms with Gasteiger partial charge in [-0.15, -0.1) is 0 Å². The minimum atomic E-state index is 0.262. The van der Waals surface area contributed by atoms with E-state index in [0.29, 0.717) is 6.04 Å². The minimum absolute atomic E-state index is 0.262. The van der Waals surface area contributed by atoms with Gasteiger partial charge in [0.1, 0.15) is 0 Å². The first-order chi connectivity index (χ1) is 8.24. The van der Waals surface area contributed by atoms with E-state index in [1.165, 1.54) is 51.4 Å². The van der Waals surface area contributed by atoms with E-state index in [1.807, 2.05) is 0 Å². The van der Waals surface area contributed by atoms with E-state index in [-0.39, 0.29) is 5.91 Å². The standard InChI is InChI=1S/C15H29NO/c1-3-4-5-6-7-8-9-10-15(17)16-13(2)14-11-12-14/h13-14H,3-12H2,1-2H3,(H,16,17). The number of unbranched alkanes of at least 4 members (excludes halogenated alkanes) is 6. The van der Waals surface area contributed by atoms with Crippen molar-refractivity contribution in [2.45, 2.75) is 84.1 Å². The molecule has 17 heavy (non-hydrogen) atoms. The zero-order chi connectivity index (χ0) is 12.5. The smallest absolute Gasteiger partial charge is 0.220 e. The summed E-state index contributed by atoms with van der Waals surface area (Å²) < 4.78 is 0. The zero-order valence-electron chi connectivity index (χ0n) is 11.6. The van der Waals surface area contributed by atoms with E-state index in [0.717, 1.165) is 18.8 Å². The van der Waals surface area contributed by atoms with Crippen LogP contribution < -0.4 is 5.32 Å². The Morgan fingerprint density at radius 2 is 1.71 bits per heavy atom. The van der Waals surface area contributed by atoms with Gasteiger partial charge in [-0.05, 0) is 32.1 Å². The molecule has 1 N–H and O–H groups in total. The SMILES string of the molecule is CCCCCCCCCC(=O)NC(C)C1CC1. The Hall–Kier alpha value is -0.530. The first-order valence-corrected chi connectivity index (χ1v) is 7.53. The second kappa shape index (κ2) is 8.54. The molecule has 0 radical (unpaired) electrons. The number of hydrogen-bond acceptors (Lipinski definition) is 1. The highest BCUT2D eigenvalue weighted by Gasteiger charge is 2.28. The maximum absolute atomic E-state index is 11.6. The van der Waals surface area contributed by atoms with Crippen LogP contribution in [0, 0.1) is 5.92 Å². The van der Waals surface area contributed by atoms with Crippen molar-refractivity contribution in [2.75, 3.05) is 0 Å². The van der Waals surface area contributed by atoms with E-state index in [1.54, 1.807) is 0 Å². The molecule has 1 aliphatic rings. The predicted octanol–water partition coefficient (Wildman–Crippen LogP) is 4.04. The van der Waals surface area contributed by atoms with Crippen LogP contribution in [0.1, 0.15) is 78.1 Å². The van der Waals surface area contributed by atoms with Crippen LogP contribution in [0.5, 0.6) is 0 Å². The Labute approximate surface area is 107 Å². The van der Waals surface area contributed by atoms with Crippen molar-refractivity contribution < 1.29 is 4.79 Å². The zero-order valence-corrected chi connectivity index (χ0v) is 11.6. The summed E-state index contributed by atoms with van der Waals surface area (Å²) in [4.78, 5) is 11.6. The van der Waals surface area contributed by atoms with E-state index >= 15 is 0 Å². The molecule has 0 heterocycles. The molecule has 0 aliphatic heterocycles. The summed E-state index contributed by atoms with van der Waals surface area (Å²) in [5.41, 5.74) is 0. The molecule has 1 amide bonds. The quantitative estimate of drug-likeness (QED) is 0.573. The van der Waals surface area contributed by atoms with Gasteiger partial charge in [0.15, 0.2) is 0 Å². The molecule has 0 aromatic heterocycles. The molecule has 0 aromatic rings. The van der Waals surface area contributed by atoms with Crippen molar-refractivity contribution in [1.29, 1.82) is 0 Å². The Kier molecular flexibility index (Phi) is 7.30. The molecule has 0 spiro atoms. The van der Waals surface area contributed by atoms with Crippen molar-refractivity contribution in [3.63, 3.8) is 0 Å². The summed E-state index contributed by atoms with van der Waals surface area (Å²) in [6.07, 6.45) is 12.3. The predicted molar refractivity (Wildman–Crippen MR) is 72.9 cm³/mol. The lowest BCUT2D eigenvalue weighted by Crippen LogP contribution is -2.33. The van der Waals surface area contributed by atoms with E-state index in [2.05, 4.69) is 19.2 Å². The molecule has 0 saturated heterocycles. The fourth-order valence-electron chi connectivity index (χ4n) is 2.28. The highest BCUT2D eigenvalue weighted by Crippen LogP contribution is 2.32. The molecular formula is C15H29NO. The lowest BCUT2D eigenvalue weighted by atomic mass is 10.1. The fourth-order valence-corrected chi connectivity index (χ4v) is 2.28. The van der Waals surface area contributed by atoms with Gasteiger partial charge in [0, 0.05) is 12.5 Å². The van der Waals surface area contributed by atoms with Crippen LogP contribution in [-0.4, -0.2) is 11.9 Å². The first-order valence-electron chi connectivity index (χ1n) is 7.53. The van der Waals surface area contributed by atoms with Crippen molar-refractivity contribution in [3.8, 4) is 0 Å². The Morgan fingerprint density at radius 3 is 2.29 bits per heavy atom. The normalized spacial score (nSPS) is 16.8. The summed E-state index contributed by atoms with van der Waals surface area (Å²) in [7, 11) is 0. The monoisotopic (exact) mass is 239 g/mol. The summed E-state index contributed by atoms with van der Waals surface area (Å²) in [5, 5.41) is 3.11. The van der Waals surface area contributed by atoms with E-state index in [4.69, 9.17) is 0 Å². The van der Waals surface area contributed by atoms with Crippen LogP contribution in [0.25, 0.3) is 0 Å². The van der Waals surface area contributed by atoms with Crippen molar-refractivity contribution in [3.05, 3.63) is 0 Å². The molecule has 1 fully saturated rings. The van der Waals surface area contributed by atoms with Gasteiger partial charge < -0.3 is 5.32 Å². The molecule has 1 aliphatic carbocycles. The van der Waals surface area contributed by atoms with Crippen LogP contribution >= 0.6 is 0 Å². The number of hydrogen-bond donors (Lipinski definition) is 1. The maximum Gasteiger partial charge on any atom is 0.220 e. The second-order valence-electron chi connectivity index (χ2n) is 5.56.